The molecule has 0 radical (unpaired) electrons. The van der Waals surface area contributed by atoms with Crippen LogP contribution < -0.4 is 5.73 Å². The second-order valence-electron chi connectivity index (χ2n) is 2.95. The zero-order valence-electron chi connectivity index (χ0n) is 7.29. The van der Waals surface area contributed by atoms with Gasteiger partial charge in [-0.2, -0.15) is 0 Å². The van der Waals surface area contributed by atoms with Crippen molar-refractivity contribution >= 4 is 11.6 Å². The van der Waals surface area contributed by atoms with Gasteiger partial charge in [0.15, 0.2) is 0 Å². The molecule has 1 aromatic carbocycles. The predicted molar refractivity (Wildman–Crippen MR) is 51.9 cm³/mol. The quantitative estimate of drug-likeness (QED) is 0.677. The Hall–Kier alpha value is -0.770. The smallest absolute Gasteiger partial charge is 0.123 e. The number of hydrogen-bond acceptors (Lipinski definition) is 3. The Morgan fingerprint density at radius 3 is 2.69 bits per heavy atom. The number of aryl methyl sites for hydroxylation is 1. The lowest BCUT2D eigenvalue weighted by molar-refractivity contribution is 0.265. The molecule has 1 rings (SSSR count). The first kappa shape index (κ1) is 10.3. The summed E-state index contributed by atoms with van der Waals surface area (Å²) in [5.74, 6) is 0.103. The van der Waals surface area contributed by atoms with Gasteiger partial charge in [-0.25, -0.2) is 0 Å². The number of rotatable bonds is 2. The molecule has 4 heteroatoms. The van der Waals surface area contributed by atoms with Crippen LogP contribution in [0.1, 0.15) is 17.2 Å². The summed E-state index contributed by atoms with van der Waals surface area (Å²) in [6.45, 7) is 1.52. The van der Waals surface area contributed by atoms with E-state index < -0.39 is 6.04 Å². The van der Waals surface area contributed by atoms with Gasteiger partial charge in [0.25, 0.3) is 0 Å². The van der Waals surface area contributed by atoms with E-state index in [-0.39, 0.29) is 12.4 Å². The fourth-order valence-corrected chi connectivity index (χ4v) is 1.42. The summed E-state index contributed by atoms with van der Waals surface area (Å²) < 4.78 is 0. The van der Waals surface area contributed by atoms with E-state index in [2.05, 4.69) is 0 Å². The zero-order valence-corrected chi connectivity index (χ0v) is 8.04. The van der Waals surface area contributed by atoms with Crippen molar-refractivity contribution in [2.75, 3.05) is 6.61 Å². The van der Waals surface area contributed by atoms with E-state index in [1.807, 2.05) is 0 Å². The maximum Gasteiger partial charge on any atom is 0.123 e. The van der Waals surface area contributed by atoms with Crippen LogP contribution in [0.5, 0.6) is 5.75 Å². The van der Waals surface area contributed by atoms with Crippen LogP contribution in [0.25, 0.3) is 0 Å². The van der Waals surface area contributed by atoms with Crippen molar-refractivity contribution < 1.29 is 10.2 Å². The highest BCUT2D eigenvalue weighted by atomic mass is 35.5. The first-order chi connectivity index (χ1) is 6.06. The molecule has 0 aliphatic heterocycles. The molecule has 1 aromatic rings. The first-order valence-corrected chi connectivity index (χ1v) is 4.29. The average molecular weight is 202 g/mol. The molecule has 0 amide bonds. The van der Waals surface area contributed by atoms with Crippen molar-refractivity contribution in [1.82, 2.24) is 0 Å². The third-order valence-corrected chi connectivity index (χ3v) is 2.11. The lowest BCUT2D eigenvalue weighted by Gasteiger charge is -2.12. The topological polar surface area (TPSA) is 66.5 Å². The van der Waals surface area contributed by atoms with E-state index in [0.717, 1.165) is 0 Å². The maximum atomic E-state index is 9.57. The third-order valence-electron chi connectivity index (χ3n) is 1.89. The largest absolute Gasteiger partial charge is 0.507 e. The van der Waals surface area contributed by atoms with E-state index >= 15 is 0 Å². The highest BCUT2D eigenvalue weighted by Gasteiger charge is 2.12. The molecule has 0 saturated heterocycles. The SMILES string of the molecule is Cc1cc(Cl)cc([C@H](N)CO)c1O. The molecule has 13 heavy (non-hydrogen) atoms. The van der Waals surface area contributed by atoms with E-state index in [1.54, 1.807) is 19.1 Å². The van der Waals surface area contributed by atoms with Crippen LogP contribution in [0.3, 0.4) is 0 Å². The van der Waals surface area contributed by atoms with Gasteiger partial charge in [-0.3, -0.25) is 0 Å². The summed E-state index contributed by atoms with van der Waals surface area (Å²) in [5.41, 5.74) is 6.70. The van der Waals surface area contributed by atoms with Gasteiger partial charge in [0.05, 0.1) is 12.6 Å². The number of halogens is 1. The van der Waals surface area contributed by atoms with Crippen molar-refractivity contribution in [2.24, 2.45) is 5.73 Å². The van der Waals surface area contributed by atoms with E-state index in [1.165, 1.54) is 0 Å². The summed E-state index contributed by atoms with van der Waals surface area (Å²) in [4.78, 5) is 0. The van der Waals surface area contributed by atoms with Gasteiger partial charge in [-0.15, -0.1) is 0 Å². The Morgan fingerprint density at radius 2 is 2.15 bits per heavy atom. The van der Waals surface area contributed by atoms with E-state index in [4.69, 9.17) is 22.4 Å². The number of aliphatic hydroxyl groups is 1. The summed E-state index contributed by atoms with van der Waals surface area (Å²) in [6, 6.07) is 2.62. The summed E-state index contributed by atoms with van der Waals surface area (Å²) in [6.07, 6.45) is 0. The molecule has 0 aromatic heterocycles. The molecular weight excluding hydrogens is 190 g/mol. The molecule has 72 valence electrons. The fraction of sp³-hybridized carbons (Fsp3) is 0.333. The number of aliphatic hydroxyl groups excluding tert-OH is 1. The first-order valence-electron chi connectivity index (χ1n) is 3.91. The molecule has 0 unspecified atom stereocenters. The summed E-state index contributed by atoms with van der Waals surface area (Å²) in [5, 5.41) is 18.9. The van der Waals surface area contributed by atoms with E-state index in [0.29, 0.717) is 16.1 Å². The zero-order chi connectivity index (χ0) is 10.0. The molecule has 0 aliphatic rings. The third kappa shape index (κ3) is 2.12. The molecule has 0 fully saturated rings. The van der Waals surface area contributed by atoms with Crippen LogP contribution >= 0.6 is 11.6 Å². The van der Waals surface area contributed by atoms with Crippen molar-refractivity contribution in [3.8, 4) is 5.75 Å². The maximum absolute atomic E-state index is 9.57. The average Bonchev–Trinajstić information content (AvgIpc) is 2.10. The van der Waals surface area contributed by atoms with Gasteiger partial charge in [-0.1, -0.05) is 11.6 Å². The minimum Gasteiger partial charge on any atom is -0.507 e. The molecular formula is C9H12ClNO2. The van der Waals surface area contributed by atoms with Crippen molar-refractivity contribution in [1.29, 1.82) is 0 Å². The predicted octanol–water partition coefficient (Wildman–Crippen LogP) is 1.35. The number of aromatic hydroxyl groups is 1. The van der Waals surface area contributed by atoms with Gasteiger partial charge < -0.3 is 15.9 Å². The fourth-order valence-electron chi connectivity index (χ4n) is 1.14. The van der Waals surface area contributed by atoms with Crippen molar-refractivity contribution in [3.05, 3.63) is 28.3 Å². The molecule has 4 N–H and O–H groups in total. The Morgan fingerprint density at radius 1 is 1.54 bits per heavy atom. The van der Waals surface area contributed by atoms with Crippen LogP contribution in [-0.2, 0) is 0 Å². The molecule has 0 spiro atoms. The van der Waals surface area contributed by atoms with Crippen molar-refractivity contribution in [3.63, 3.8) is 0 Å². The Balaban J connectivity index is 3.20. The lowest BCUT2D eigenvalue weighted by Crippen LogP contribution is -2.14. The molecule has 0 bridgehead atoms. The number of phenolic OH excluding ortho intramolecular Hbond substituents is 1. The molecule has 1 atom stereocenters. The second kappa shape index (κ2) is 3.96. The minimum atomic E-state index is -0.586. The highest BCUT2D eigenvalue weighted by molar-refractivity contribution is 6.30. The van der Waals surface area contributed by atoms with Gasteiger partial charge in [0.2, 0.25) is 0 Å². The van der Waals surface area contributed by atoms with Gasteiger partial charge >= 0.3 is 0 Å². The normalized spacial score (nSPS) is 12.9. The van der Waals surface area contributed by atoms with Gasteiger partial charge in [0.1, 0.15) is 5.75 Å². The standard InChI is InChI=1S/C9H12ClNO2/c1-5-2-6(10)3-7(9(5)13)8(11)4-12/h2-3,8,12-13H,4,11H2,1H3/t8-/m1/s1. The van der Waals surface area contributed by atoms with Gasteiger partial charge in [-0.05, 0) is 24.6 Å². The van der Waals surface area contributed by atoms with Crippen molar-refractivity contribution in [2.45, 2.75) is 13.0 Å². The Kier molecular flexibility index (Phi) is 3.14. The minimum absolute atomic E-state index is 0.103. The number of phenols is 1. The lowest BCUT2D eigenvalue weighted by atomic mass is 10.0. The van der Waals surface area contributed by atoms with Crippen LogP contribution in [0, 0.1) is 6.92 Å². The molecule has 0 heterocycles. The molecule has 0 saturated carbocycles. The van der Waals surface area contributed by atoms with Gasteiger partial charge in [0, 0.05) is 10.6 Å². The Bertz CT molecular complexity index is 315. The summed E-state index contributed by atoms with van der Waals surface area (Å²) >= 11 is 5.77. The number of hydrogen-bond donors (Lipinski definition) is 3. The number of benzene rings is 1. The number of nitrogens with two attached hydrogens (primary N) is 1. The second-order valence-corrected chi connectivity index (χ2v) is 3.39. The van der Waals surface area contributed by atoms with Crippen LogP contribution in [0.15, 0.2) is 12.1 Å². The monoisotopic (exact) mass is 201 g/mol. The van der Waals surface area contributed by atoms with E-state index in [9.17, 15) is 5.11 Å². The van der Waals surface area contributed by atoms with Crippen LogP contribution in [0.4, 0.5) is 0 Å². The highest BCUT2D eigenvalue weighted by Crippen LogP contribution is 2.29. The summed E-state index contributed by atoms with van der Waals surface area (Å²) in [7, 11) is 0. The van der Waals surface area contributed by atoms with Crippen LogP contribution in [-0.4, -0.2) is 16.8 Å². The van der Waals surface area contributed by atoms with Crippen LogP contribution in [0.2, 0.25) is 5.02 Å². The Labute approximate surface area is 81.8 Å². The molecule has 3 nitrogen and oxygen atoms in total. The molecule has 0 aliphatic carbocycles.